The fourth-order valence-corrected chi connectivity index (χ4v) is 2.04. The third kappa shape index (κ3) is 8.32. The summed E-state index contributed by atoms with van der Waals surface area (Å²) in [6.07, 6.45) is 5.79. The fraction of sp³-hybridized carbons (Fsp3) is 0.812. The third-order valence-electron chi connectivity index (χ3n) is 3.04. The highest BCUT2D eigenvalue weighted by molar-refractivity contribution is 5.85. The number of carbonyl (C=O) groups excluding carboxylic acids is 1. The van der Waals surface area contributed by atoms with Crippen LogP contribution in [0.3, 0.4) is 0 Å². The summed E-state index contributed by atoms with van der Waals surface area (Å²) in [5.74, 6) is 1.96. The lowest BCUT2D eigenvalue weighted by Gasteiger charge is -2.10. The van der Waals surface area contributed by atoms with Crippen LogP contribution in [0.15, 0.2) is 0 Å². The summed E-state index contributed by atoms with van der Waals surface area (Å²) in [5, 5.41) is 0. The maximum Gasteiger partial charge on any atom is 0.208 e. The molecule has 1 N–H and O–H groups in total. The predicted octanol–water partition coefficient (Wildman–Crippen LogP) is 2.71. The lowest BCUT2D eigenvalue weighted by Crippen LogP contribution is -2.81. The maximum absolute atomic E-state index is 12.1. The molecule has 0 aliphatic carbocycles. The molecule has 0 aromatic heterocycles. The van der Waals surface area contributed by atoms with Gasteiger partial charge in [0.15, 0.2) is 0 Å². The maximum atomic E-state index is 12.1. The summed E-state index contributed by atoms with van der Waals surface area (Å²) in [6, 6.07) is 0.0155. The minimum absolute atomic E-state index is 0.0155. The normalized spacial score (nSPS) is 12.4. The Morgan fingerprint density at radius 1 is 1.11 bits per heavy atom. The van der Waals surface area contributed by atoms with Crippen LogP contribution in [0.25, 0.3) is 0 Å². The summed E-state index contributed by atoms with van der Waals surface area (Å²) in [5.41, 5.74) is 1.13. The molecule has 0 fully saturated rings. The van der Waals surface area contributed by atoms with Gasteiger partial charge >= 0.3 is 0 Å². The topological polar surface area (TPSA) is 31.0 Å². The quantitative estimate of drug-likeness (QED) is 0.382. The number of carbonyl (C=O) groups is 1. The van der Waals surface area contributed by atoms with E-state index in [0.717, 1.165) is 18.6 Å². The average Bonchev–Trinajstić information content (AvgIpc) is 2.24. The van der Waals surface area contributed by atoms with Gasteiger partial charge in [-0.2, -0.15) is 0 Å². The van der Waals surface area contributed by atoms with Gasteiger partial charge in [-0.05, 0) is 19.3 Å². The molecule has 2 heteroatoms. The van der Waals surface area contributed by atoms with Crippen molar-refractivity contribution in [1.29, 1.82) is 0 Å². The van der Waals surface area contributed by atoms with Gasteiger partial charge in [-0.3, -0.25) is 4.79 Å². The van der Waals surface area contributed by atoms with Crippen LogP contribution in [0.2, 0.25) is 0 Å². The van der Waals surface area contributed by atoms with Gasteiger partial charge in [-0.15, -0.1) is 0 Å². The molecular formula is C16H31NO+2. The molecule has 0 saturated carbocycles. The molecular weight excluding hydrogens is 222 g/mol. The molecule has 0 bridgehead atoms. The number of hydrogen-bond donors (Lipinski definition) is 1. The van der Waals surface area contributed by atoms with Crippen molar-refractivity contribution in [2.24, 2.45) is 5.92 Å². The van der Waals surface area contributed by atoms with E-state index < -0.39 is 0 Å². The van der Waals surface area contributed by atoms with Gasteiger partial charge in [0.25, 0.3) is 0 Å². The summed E-state index contributed by atoms with van der Waals surface area (Å²) in [7, 11) is 0. The lowest BCUT2D eigenvalue weighted by molar-refractivity contribution is -0.489. The molecule has 0 heterocycles. The second kappa shape index (κ2) is 9.18. The molecule has 0 aliphatic rings. The zero-order valence-electron chi connectivity index (χ0n) is 13.1. The van der Waals surface area contributed by atoms with Crippen LogP contribution < -0.4 is 4.99 Å². The van der Waals surface area contributed by atoms with Crippen LogP contribution >= 0.6 is 0 Å². The van der Waals surface area contributed by atoms with E-state index in [2.05, 4.69) is 18.8 Å². The SMILES string of the molecule is CC(C)=[NH+][C@@H](CCCCC[C+](C)C)C(=O)C(C)C. The molecule has 2 nitrogen and oxygen atoms in total. The molecule has 0 amide bonds. The standard InChI is InChI=1S/C16H30NO/c1-12(2)10-8-7-9-11-15(17-14(5)6)16(18)13(3)4/h13,15H,7-11H2,1-6H3/q+1/p+1/t15-/m0/s1. The Hall–Kier alpha value is -0.790. The number of ketones is 1. The first-order valence-corrected chi connectivity index (χ1v) is 7.24. The fourth-order valence-electron chi connectivity index (χ4n) is 2.04. The third-order valence-corrected chi connectivity index (χ3v) is 3.04. The Kier molecular flexibility index (Phi) is 8.78. The Bertz CT molecular complexity index is 262. The molecule has 18 heavy (non-hydrogen) atoms. The van der Waals surface area contributed by atoms with E-state index >= 15 is 0 Å². The van der Waals surface area contributed by atoms with Crippen molar-refractivity contribution in [2.75, 3.05) is 0 Å². The van der Waals surface area contributed by atoms with Crippen molar-refractivity contribution in [3.05, 3.63) is 5.92 Å². The molecule has 104 valence electrons. The highest BCUT2D eigenvalue weighted by Gasteiger charge is 2.24. The minimum atomic E-state index is 0.0155. The largest absolute Gasteiger partial charge is 0.292 e. The monoisotopic (exact) mass is 253 g/mol. The molecule has 0 spiro atoms. The smallest absolute Gasteiger partial charge is 0.208 e. The molecule has 0 aromatic rings. The molecule has 0 rings (SSSR count). The van der Waals surface area contributed by atoms with Crippen LogP contribution in [-0.4, -0.2) is 17.5 Å². The zero-order valence-corrected chi connectivity index (χ0v) is 13.1. The number of rotatable bonds is 9. The van der Waals surface area contributed by atoms with Crippen molar-refractivity contribution >= 4 is 11.5 Å². The first-order valence-electron chi connectivity index (χ1n) is 7.24. The molecule has 0 aromatic carbocycles. The lowest BCUT2D eigenvalue weighted by atomic mass is 9.96. The predicted molar refractivity (Wildman–Crippen MR) is 78.6 cm³/mol. The van der Waals surface area contributed by atoms with E-state index in [1.165, 1.54) is 25.2 Å². The summed E-state index contributed by atoms with van der Waals surface area (Å²) < 4.78 is 0. The van der Waals surface area contributed by atoms with E-state index in [4.69, 9.17) is 0 Å². The van der Waals surface area contributed by atoms with Crippen LogP contribution in [0.1, 0.15) is 73.6 Å². The molecule has 0 unspecified atom stereocenters. The van der Waals surface area contributed by atoms with Gasteiger partial charge in [0.05, 0.1) is 26.2 Å². The number of Topliss-reactive ketones (excluding diaryl/α,β-unsaturated/α-hetero) is 1. The highest BCUT2D eigenvalue weighted by Crippen LogP contribution is 2.12. The summed E-state index contributed by atoms with van der Waals surface area (Å²) in [4.78, 5) is 15.4. The van der Waals surface area contributed by atoms with E-state index in [1.807, 2.05) is 27.7 Å². The van der Waals surface area contributed by atoms with Crippen molar-refractivity contribution in [1.82, 2.24) is 0 Å². The zero-order chi connectivity index (χ0) is 14.1. The second-order valence-corrected chi connectivity index (χ2v) is 6.06. The summed E-state index contributed by atoms with van der Waals surface area (Å²) in [6.45, 7) is 12.4. The van der Waals surface area contributed by atoms with Gasteiger partial charge in [0, 0.05) is 26.2 Å². The van der Waals surface area contributed by atoms with E-state index in [-0.39, 0.29) is 12.0 Å². The van der Waals surface area contributed by atoms with Crippen LogP contribution in [0, 0.1) is 11.8 Å². The number of nitrogens with one attached hydrogen (secondary N) is 1. The van der Waals surface area contributed by atoms with Gasteiger partial charge < -0.3 is 0 Å². The Balaban J connectivity index is 4.11. The first kappa shape index (κ1) is 17.2. The van der Waals surface area contributed by atoms with Crippen LogP contribution in [0.5, 0.6) is 0 Å². The van der Waals surface area contributed by atoms with Crippen LogP contribution in [-0.2, 0) is 4.79 Å². The Labute approximate surface area is 113 Å². The van der Waals surface area contributed by atoms with Crippen molar-refractivity contribution in [2.45, 2.75) is 79.7 Å². The molecule has 0 radical (unpaired) electrons. The minimum Gasteiger partial charge on any atom is -0.292 e. The Morgan fingerprint density at radius 3 is 2.17 bits per heavy atom. The van der Waals surface area contributed by atoms with Crippen molar-refractivity contribution in [3.8, 4) is 0 Å². The second-order valence-electron chi connectivity index (χ2n) is 6.06. The van der Waals surface area contributed by atoms with Gasteiger partial charge in [0.2, 0.25) is 11.8 Å². The summed E-state index contributed by atoms with van der Waals surface area (Å²) >= 11 is 0. The molecule has 1 atom stereocenters. The van der Waals surface area contributed by atoms with E-state index in [1.54, 1.807) is 0 Å². The van der Waals surface area contributed by atoms with E-state index in [0.29, 0.717) is 5.78 Å². The molecule has 0 saturated heterocycles. The van der Waals surface area contributed by atoms with Crippen LogP contribution in [0.4, 0.5) is 0 Å². The van der Waals surface area contributed by atoms with Gasteiger partial charge in [-0.1, -0.05) is 13.8 Å². The van der Waals surface area contributed by atoms with E-state index in [9.17, 15) is 4.79 Å². The number of unbranched alkanes of at least 4 members (excludes halogenated alkanes) is 2. The van der Waals surface area contributed by atoms with Gasteiger partial charge in [0.1, 0.15) is 5.71 Å². The average molecular weight is 253 g/mol. The van der Waals surface area contributed by atoms with Crippen molar-refractivity contribution < 1.29 is 9.79 Å². The highest BCUT2D eigenvalue weighted by atomic mass is 16.1. The number of hydrogen-bond acceptors (Lipinski definition) is 1. The Morgan fingerprint density at radius 2 is 1.72 bits per heavy atom. The van der Waals surface area contributed by atoms with Crippen molar-refractivity contribution in [3.63, 3.8) is 0 Å². The first-order chi connectivity index (χ1) is 8.34. The molecule has 0 aliphatic heterocycles. The van der Waals surface area contributed by atoms with Gasteiger partial charge in [-0.25, -0.2) is 4.99 Å².